The molecular weight excluding hydrogens is 258 g/mol. The van der Waals surface area contributed by atoms with Crippen molar-refractivity contribution < 1.29 is 4.74 Å². The van der Waals surface area contributed by atoms with Crippen molar-refractivity contribution in [2.75, 3.05) is 13.2 Å². The van der Waals surface area contributed by atoms with Crippen molar-refractivity contribution in [2.24, 2.45) is 5.73 Å². The zero-order chi connectivity index (χ0) is 15.1. The number of nitrogens with two attached hydrogens (primary N) is 1. The molecule has 2 aromatic rings. The lowest BCUT2D eigenvalue weighted by molar-refractivity contribution is 0.294. The summed E-state index contributed by atoms with van der Waals surface area (Å²) < 4.78 is 6.00. The molecule has 2 heteroatoms. The minimum absolute atomic E-state index is 0.359. The quantitative estimate of drug-likeness (QED) is 0.821. The van der Waals surface area contributed by atoms with Gasteiger partial charge in [-0.2, -0.15) is 0 Å². The van der Waals surface area contributed by atoms with Gasteiger partial charge in [-0.1, -0.05) is 62.4 Å². The van der Waals surface area contributed by atoms with Crippen molar-refractivity contribution in [1.82, 2.24) is 0 Å². The molecule has 2 rings (SSSR count). The molecule has 0 aromatic heterocycles. The van der Waals surface area contributed by atoms with Crippen LogP contribution in [0.15, 0.2) is 54.6 Å². The predicted molar refractivity (Wildman–Crippen MR) is 88.9 cm³/mol. The van der Waals surface area contributed by atoms with E-state index in [1.54, 1.807) is 0 Å². The molecule has 0 spiro atoms. The fraction of sp³-hybridized carbons (Fsp3) is 0.368. The Morgan fingerprint density at radius 2 is 1.62 bits per heavy atom. The number of hydrogen-bond acceptors (Lipinski definition) is 2. The van der Waals surface area contributed by atoms with Gasteiger partial charge < -0.3 is 10.5 Å². The van der Waals surface area contributed by atoms with E-state index in [0.29, 0.717) is 25.0 Å². The first-order valence-electron chi connectivity index (χ1n) is 7.69. The van der Waals surface area contributed by atoms with E-state index in [2.05, 4.69) is 56.3 Å². The molecule has 0 aliphatic carbocycles. The van der Waals surface area contributed by atoms with Crippen LogP contribution in [0.3, 0.4) is 0 Å². The summed E-state index contributed by atoms with van der Waals surface area (Å²) in [6, 6.07) is 18.7. The van der Waals surface area contributed by atoms with Gasteiger partial charge in [-0.15, -0.1) is 0 Å². The van der Waals surface area contributed by atoms with Crippen molar-refractivity contribution in [3.63, 3.8) is 0 Å². The topological polar surface area (TPSA) is 35.2 Å². The van der Waals surface area contributed by atoms with Gasteiger partial charge in [0, 0.05) is 0 Å². The second-order valence-corrected chi connectivity index (χ2v) is 5.67. The van der Waals surface area contributed by atoms with Crippen molar-refractivity contribution >= 4 is 0 Å². The number of hydrogen-bond donors (Lipinski definition) is 1. The van der Waals surface area contributed by atoms with E-state index in [4.69, 9.17) is 10.5 Å². The second kappa shape index (κ2) is 7.84. The summed E-state index contributed by atoms with van der Waals surface area (Å²) in [5.74, 6) is 1.83. The summed E-state index contributed by atoms with van der Waals surface area (Å²) in [4.78, 5) is 0. The third-order valence-corrected chi connectivity index (χ3v) is 3.82. The van der Waals surface area contributed by atoms with Crippen LogP contribution in [-0.2, 0) is 0 Å². The van der Waals surface area contributed by atoms with Gasteiger partial charge >= 0.3 is 0 Å². The molecule has 0 saturated heterocycles. The van der Waals surface area contributed by atoms with Gasteiger partial charge in [0.05, 0.1) is 6.61 Å². The Morgan fingerprint density at radius 3 is 2.29 bits per heavy atom. The molecule has 21 heavy (non-hydrogen) atoms. The first kappa shape index (κ1) is 15.6. The van der Waals surface area contributed by atoms with E-state index >= 15 is 0 Å². The molecular formula is C19H25NO. The van der Waals surface area contributed by atoms with Crippen molar-refractivity contribution in [2.45, 2.75) is 32.1 Å². The lowest BCUT2D eigenvalue weighted by atomic mass is 9.96. The van der Waals surface area contributed by atoms with Gasteiger partial charge in [0.15, 0.2) is 0 Å². The maximum Gasteiger partial charge on any atom is 0.122 e. The van der Waals surface area contributed by atoms with E-state index in [0.717, 1.165) is 12.2 Å². The maximum atomic E-state index is 6.00. The van der Waals surface area contributed by atoms with Crippen LogP contribution in [0.4, 0.5) is 0 Å². The lowest BCUT2D eigenvalue weighted by Gasteiger charge is -2.17. The van der Waals surface area contributed by atoms with E-state index in [-0.39, 0.29) is 0 Å². The molecule has 1 unspecified atom stereocenters. The molecule has 0 amide bonds. The van der Waals surface area contributed by atoms with Crippen molar-refractivity contribution in [1.29, 1.82) is 0 Å². The molecule has 0 saturated carbocycles. The standard InChI is InChI=1S/C19H25NO/c1-15(2)18-10-6-7-11-19(18)21-13-12-17(14-20)16-8-4-3-5-9-16/h3-11,15,17H,12-14,20H2,1-2H3. The lowest BCUT2D eigenvalue weighted by Crippen LogP contribution is -2.15. The van der Waals surface area contributed by atoms with Crippen LogP contribution < -0.4 is 10.5 Å². The molecule has 0 bridgehead atoms. The molecule has 0 aliphatic rings. The second-order valence-electron chi connectivity index (χ2n) is 5.67. The van der Waals surface area contributed by atoms with Crippen LogP contribution in [0.5, 0.6) is 5.75 Å². The Kier molecular flexibility index (Phi) is 5.82. The highest BCUT2D eigenvalue weighted by molar-refractivity contribution is 5.35. The third-order valence-electron chi connectivity index (χ3n) is 3.82. The van der Waals surface area contributed by atoms with Crippen LogP contribution in [0.1, 0.15) is 43.2 Å². The molecule has 0 fully saturated rings. The number of benzene rings is 2. The van der Waals surface area contributed by atoms with Crippen LogP contribution in [-0.4, -0.2) is 13.2 Å². The van der Waals surface area contributed by atoms with Crippen LogP contribution in [0.2, 0.25) is 0 Å². The fourth-order valence-corrected chi connectivity index (χ4v) is 2.55. The molecule has 1 atom stereocenters. The molecule has 2 aromatic carbocycles. The first-order valence-corrected chi connectivity index (χ1v) is 7.69. The van der Waals surface area contributed by atoms with Gasteiger partial charge in [0.25, 0.3) is 0 Å². The Morgan fingerprint density at radius 1 is 0.952 bits per heavy atom. The summed E-state index contributed by atoms with van der Waals surface area (Å²) in [7, 11) is 0. The molecule has 2 N–H and O–H groups in total. The maximum absolute atomic E-state index is 6.00. The highest BCUT2D eigenvalue weighted by atomic mass is 16.5. The van der Waals surface area contributed by atoms with Gasteiger partial charge in [0.2, 0.25) is 0 Å². The number of para-hydroxylation sites is 1. The Bertz CT molecular complexity index is 536. The van der Waals surface area contributed by atoms with E-state index < -0.39 is 0 Å². The largest absolute Gasteiger partial charge is 0.493 e. The first-order chi connectivity index (χ1) is 10.2. The minimum Gasteiger partial charge on any atom is -0.493 e. The third kappa shape index (κ3) is 4.33. The predicted octanol–water partition coefficient (Wildman–Crippen LogP) is 4.32. The minimum atomic E-state index is 0.359. The SMILES string of the molecule is CC(C)c1ccccc1OCCC(CN)c1ccccc1. The van der Waals surface area contributed by atoms with E-state index in [9.17, 15) is 0 Å². The summed E-state index contributed by atoms with van der Waals surface area (Å²) in [6.45, 7) is 5.73. The van der Waals surface area contributed by atoms with Crippen molar-refractivity contribution in [3.8, 4) is 5.75 Å². The summed E-state index contributed by atoms with van der Waals surface area (Å²) in [5, 5.41) is 0. The summed E-state index contributed by atoms with van der Waals surface area (Å²) >= 11 is 0. The fourth-order valence-electron chi connectivity index (χ4n) is 2.55. The van der Waals surface area contributed by atoms with Crippen LogP contribution in [0.25, 0.3) is 0 Å². The van der Waals surface area contributed by atoms with Crippen LogP contribution in [0, 0.1) is 0 Å². The zero-order valence-corrected chi connectivity index (χ0v) is 13.0. The Balaban J connectivity index is 1.95. The smallest absolute Gasteiger partial charge is 0.122 e. The van der Waals surface area contributed by atoms with Gasteiger partial charge in [0.1, 0.15) is 5.75 Å². The van der Waals surface area contributed by atoms with Gasteiger partial charge in [-0.25, -0.2) is 0 Å². The van der Waals surface area contributed by atoms with Crippen LogP contribution >= 0.6 is 0 Å². The van der Waals surface area contributed by atoms with Gasteiger partial charge in [-0.05, 0) is 42.0 Å². The molecule has 2 nitrogen and oxygen atoms in total. The summed E-state index contributed by atoms with van der Waals surface area (Å²) in [5.41, 5.74) is 8.46. The molecule has 0 heterocycles. The zero-order valence-electron chi connectivity index (χ0n) is 13.0. The van der Waals surface area contributed by atoms with E-state index in [1.165, 1.54) is 11.1 Å². The summed E-state index contributed by atoms with van der Waals surface area (Å²) in [6.07, 6.45) is 0.937. The Labute approximate surface area is 127 Å². The van der Waals surface area contributed by atoms with Crippen molar-refractivity contribution in [3.05, 3.63) is 65.7 Å². The average molecular weight is 283 g/mol. The normalized spacial score (nSPS) is 12.4. The average Bonchev–Trinajstić information content (AvgIpc) is 2.52. The number of ether oxygens (including phenoxy) is 1. The molecule has 0 radical (unpaired) electrons. The monoisotopic (exact) mass is 283 g/mol. The molecule has 0 aliphatic heterocycles. The highest BCUT2D eigenvalue weighted by Gasteiger charge is 2.11. The molecule has 112 valence electrons. The Hall–Kier alpha value is -1.80. The van der Waals surface area contributed by atoms with E-state index in [1.807, 2.05) is 12.1 Å². The van der Waals surface area contributed by atoms with Gasteiger partial charge in [-0.3, -0.25) is 0 Å². The number of rotatable bonds is 7. The highest BCUT2D eigenvalue weighted by Crippen LogP contribution is 2.26.